The van der Waals surface area contributed by atoms with Gasteiger partial charge in [-0.05, 0) is 66.0 Å². The van der Waals surface area contributed by atoms with E-state index in [9.17, 15) is 4.39 Å². The molecule has 6 heteroatoms. The number of benzene rings is 1. The summed E-state index contributed by atoms with van der Waals surface area (Å²) in [4.78, 5) is 10.9. The highest BCUT2D eigenvalue weighted by atomic mass is 79.9. The van der Waals surface area contributed by atoms with Gasteiger partial charge in [0.05, 0.1) is 22.2 Å². The summed E-state index contributed by atoms with van der Waals surface area (Å²) in [5, 5.41) is 0. The lowest BCUT2D eigenvalue weighted by molar-refractivity contribution is 0.291. The number of pyridine rings is 1. The maximum atomic E-state index is 13.3. The molecule has 1 aromatic carbocycles. The molecule has 0 atom stereocenters. The molecule has 1 heterocycles. The third-order valence-electron chi connectivity index (χ3n) is 3.60. The van der Waals surface area contributed by atoms with Gasteiger partial charge < -0.3 is 9.64 Å². The van der Waals surface area contributed by atoms with Crippen LogP contribution in [0.25, 0.3) is 0 Å². The highest BCUT2D eigenvalue weighted by Crippen LogP contribution is 2.30. The fourth-order valence-electron chi connectivity index (χ4n) is 1.97. The van der Waals surface area contributed by atoms with Crippen molar-refractivity contribution in [3.05, 3.63) is 51.4 Å². The molecule has 4 nitrogen and oxygen atoms in total. The molecule has 0 saturated carbocycles. The first-order valence-corrected chi connectivity index (χ1v) is 8.49. The molecule has 2 aromatic rings. The topological polar surface area (TPSA) is 37.7 Å². The number of aromatic nitrogens is 1. The van der Waals surface area contributed by atoms with Crippen molar-refractivity contribution < 1.29 is 9.13 Å². The first kappa shape index (κ1) is 18.4. The minimum absolute atomic E-state index is 0.215. The molecule has 0 fully saturated rings. The van der Waals surface area contributed by atoms with E-state index in [2.05, 4.69) is 32.8 Å². The molecule has 128 valence electrons. The maximum absolute atomic E-state index is 13.3. The summed E-state index contributed by atoms with van der Waals surface area (Å²) in [7, 11) is 1.96. The van der Waals surface area contributed by atoms with Crippen LogP contribution in [0, 0.1) is 19.7 Å². The van der Waals surface area contributed by atoms with Crippen molar-refractivity contribution >= 4 is 28.0 Å². The lowest BCUT2D eigenvalue weighted by Gasteiger charge is -2.11. The molecule has 0 spiro atoms. The van der Waals surface area contributed by atoms with E-state index in [0.29, 0.717) is 18.1 Å². The Balaban J connectivity index is 2.12. The van der Waals surface area contributed by atoms with E-state index >= 15 is 0 Å². The van der Waals surface area contributed by atoms with Gasteiger partial charge in [-0.2, -0.15) is 0 Å². The molecule has 0 unspecified atom stereocenters. The van der Waals surface area contributed by atoms with Crippen LogP contribution in [0.15, 0.2) is 33.7 Å². The Kier molecular flexibility index (Phi) is 6.31. The van der Waals surface area contributed by atoms with Crippen LogP contribution >= 0.6 is 15.9 Å². The van der Waals surface area contributed by atoms with E-state index in [1.807, 2.05) is 24.9 Å². The second-order valence-electron chi connectivity index (χ2n) is 5.57. The van der Waals surface area contributed by atoms with Crippen LogP contribution in [0.3, 0.4) is 0 Å². The van der Waals surface area contributed by atoms with Gasteiger partial charge >= 0.3 is 0 Å². The third-order valence-corrected chi connectivity index (χ3v) is 4.17. The number of ether oxygens (including phenoxy) is 1. The van der Waals surface area contributed by atoms with Crippen LogP contribution < -0.4 is 4.74 Å². The van der Waals surface area contributed by atoms with Gasteiger partial charge in [-0.3, -0.25) is 0 Å². The van der Waals surface area contributed by atoms with Crippen molar-refractivity contribution in [3.63, 3.8) is 0 Å². The number of hydrogen-bond donors (Lipinski definition) is 0. The van der Waals surface area contributed by atoms with Crippen molar-refractivity contribution in [1.82, 2.24) is 9.88 Å². The summed E-state index contributed by atoms with van der Waals surface area (Å²) in [6.07, 6.45) is 1.78. The Bertz CT molecular complexity index is 749. The van der Waals surface area contributed by atoms with E-state index in [1.54, 1.807) is 25.4 Å². The van der Waals surface area contributed by atoms with E-state index in [1.165, 1.54) is 6.07 Å². The average molecular weight is 394 g/mol. The molecule has 0 N–H and O–H groups in total. The number of aryl methyl sites for hydroxylation is 2. The Labute approximate surface area is 150 Å². The largest absolute Gasteiger partial charge is 0.472 e. The summed E-state index contributed by atoms with van der Waals surface area (Å²) in [6.45, 7) is 6.89. The number of aliphatic imine (C=N–C) groups is 1. The van der Waals surface area contributed by atoms with Crippen molar-refractivity contribution in [2.45, 2.75) is 27.4 Å². The fraction of sp³-hybridized carbons (Fsp3) is 0.333. The van der Waals surface area contributed by atoms with Crippen molar-refractivity contribution in [3.8, 4) is 5.88 Å². The van der Waals surface area contributed by atoms with Crippen LogP contribution in [0.2, 0.25) is 0 Å². The van der Waals surface area contributed by atoms with Crippen molar-refractivity contribution in [1.29, 1.82) is 0 Å². The second kappa shape index (κ2) is 8.24. The van der Waals surface area contributed by atoms with Gasteiger partial charge in [0.25, 0.3) is 0 Å². The minimum Gasteiger partial charge on any atom is -0.472 e. The Hall–Kier alpha value is -1.95. The zero-order valence-electron chi connectivity index (χ0n) is 14.3. The van der Waals surface area contributed by atoms with Crippen LogP contribution in [0.1, 0.15) is 23.7 Å². The molecule has 0 aliphatic carbocycles. The van der Waals surface area contributed by atoms with Gasteiger partial charge in [0.1, 0.15) is 12.4 Å². The van der Waals surface area contributed by atoms with Gasteiger partial charge in [0.2, 0.25) is 5.88 Å². The predicted molar refractivity (Wildman–Crippen MR) is 98.6 cm³/mol. The molecule has 0 aliphatic heterocycles. The van der Waals surface area contributed by atoms with E-state index in [4.69, 9.17) is 4.74 Å². The summed E-state index contributed by atoms with van der Waals surface area (Å²) in [5.74, 6) is 0.283. The molecule has 24 heavy (non-hydrogen) atoms. The highest BCUT2D eigenvalue weighted by Gasteiger charge is 2.09. The Morgan fingerprint density at radius 3 is 2.75 bits per heavy atom. The lowest BCUT2D eigenvalue weighted by atomic mass is 10.1. The molecule has 0 aliphatic rings. The summed E-state index contributed by atoms with van der Waals surface area (Å²) >= 11 is 3.47. The summed E-state index contributed by atoms with van der Waals surface area (Å²) in [6, 6.07) is 6.81. The van der Waals surface area contributed by atoms with E-state index in [0.717, 1.165) is 28.0 Å². The Morgan fingerprint density at radius 1 is 1.33 bits per heavy atom. The SMILES string of the molecule is CCN(C)/C=N/c1cc(Br)c(OCc2ccc(F)c(C)c2)nc1C. The monoisotopic (exact) mass is 393 g/mol. The smallest absolute Gasteiger partial charge is 0.228 e. The number of hydrogen-bond acceptors (Lipinski definition) is 3. The van der Waals surface area contributed by atoms with Crippen molar-refractivity contribution in [2.75, 3.05) is 13.6 Å². The quantitative estimate of drug-likeness (QED) is 0.522. The molecule has 0 saturated heterocycles. The molecule has 0 bridgehead atoms. The van der Waals surface area contributed by atoms with Gasteiger partial charge in [0, 0.05) is 13.6 Å². The number of nitrogens with zero attached hydrogens (tertiary/aromatic N) is 3. The molecule has 1 aromatic heterocycles. The highest BCUT2D eigenvalue weighted by molar-refractivity contribution is 9.10. The van der Waals surface area contributed by atoms with Crippen molar-refractivity contribution in [2.24, 2.45) is 4.99 Å². The van der Waals surface area contributed by atoms with E-state index in [-0.39, 0.29) is 5.82 Å². The molecule has 0 radical (unpaired) electrons. The zero-order chi connectivity index (χ0) is 17.7. The van der Waals surface area contributed by atoms with Crippen LogP contribution in [0.5, 0.6) is 5.88 Å². The van der Waals surface area contributed by atoms with Gasteiger partial charge in [-0.1, -0.05) is 6.07 Å². The van der Waals surface area contributed by atoms with Gasteiger partial charge in [-0.15, -0.1) is 0 Å². The molecule has 2 rings (SSSR count). The zero-order valence-corrected chi connectivity index (χ0v) is 15.9. The normalized spacial score (nSPS) is 11.1. The summed E-state index contributed by atoms with van der Waals surface area (Å²) < 4.78 is 19.8. The first-order chi connectivity index (χ1) is 11.4. The minimum atomic E-state index is -0.215. The number of rotatable bonds is 6. The molecule has 0 amide bonds. The average Bonchev–Trinajstić information content (AvgIpc) is 2.56. The Morgan fingerprint density at radius 2 is 2.08 bits per heavy atom. The predicted octanol–water partition coefficient (Wildman–Crippen LogP) is 4.79. The standard InChI is InChI=1S/C18H21BrFN3O/c1-5-23(4)11-21-17-9-15(19)18(22-13(17)3)24-10-14-6-7-16(20)12(2)8-14/h6-9,11H,5,10H2,1-4H3/b21-11+. The first-order valence-electron chi connectivity index (χ1n) is 7.70. The van der Waals surface area contributed by atoms with Gasteiger partial charge in [-0.25, -0.2) is 14.4 Å². The molecular weight excluding hydrogens is 373 g/mol. The van der Waals surface area contributed by atoms with Crippen LogP contribution in [0.4, 0.5) is 10.1 Å². The summed E-state index contributed by atoms with van der Waals surface area (Å²) in [5.41, 5.74) is 3.06. The maximum Gasteiger partial charge on any atom is 0.228 e. The van der Waals surface area contributed by atoms with Crippen LogP contribution in [-0.4, -0.2) is 29.8 Å². The van der Waals surface area contributed by atoms with Gasteiger partial charge in [0.15, 0.2) is 0 Å². The molecular formula is C18H21BrFN3O. The second-order valence-corrected chi connectivity index (χ2v) is 6.42. The van der Waals surface area contributed by atoms with Crippen LogP contribution in [-0.2, 0) is 6.61 Å². The lowest BCUT2D eigenvalue weighted by Crippen LogP contribution is -2.14. The number of halogens is 2. The third kappa shape index (κ3) is 4.77. The van der Waals surface area contributed by atoms with E-state index < -0.39 is 0 Å². The fourth-order valence-corrected chi connectivity index (χ4v) is 2.39.